The van der Waals surface area contributed by atoms with Crippen LogP contribution < -0.4 is 10.6 Å². The van der Waals surface area contributed by atoms with E-state index < -0.39 is 45.0 Å². The van der Waals surface area contributed by atoms with Gasteiger partial charge in [0.25, 0.3) is 0 Å². The lowest BCUT2D eigenvalue weighted by Crippen LogP contribution is -2.41. The van der Waals surface area contributed by atoms with Crippen LogP contribution in [0.4, 0.5) is 13.2 Å². The molecule has 1 aromatic carbocycles. The average molecular weight is 351 g/mol. The van der Waals surface area contributed by atoms with Gasteiger partial charge in [-0.1, -0.05) is 6.07 Å². The maximum Gasteiger partial charge on any atom is 0.495 e. The molecule has 0 unspecified atom stereocenters. The van der Waals surface area contributed by atoms with E-state index in [1.807, 2.05) is 0 Å². The first kappa shape index (κ1) is 18.2. The summed E-state index contributed by atoms with van der Waals surface area (Å²) in [5, 5.41) is 4.90. The number of halogens is 3. The fourth-order valence-electron chi connectivity index (χ4n) is 2.13. The topological polar surface area (TPSA) is 78.6 Å². The zero-order valence-corrected chi connectivity index (χ0v) is 13.9. The first-order valence-electron chi connectivity index (χ1n) is 6.75. The number of hydrogen-bond acceptors (Lipinski definition) is 4. The van der Waals surface area contributed by atoms with Crippen LogP contribution in [0.1, 0.15) is 33.3 Å². The summed E-state index contributed by atoms with van der Waals surface area (Å²) < 4.78 is 73.7. The molecule has 128 valence electrons. The molecule has 1 saturated heterocycles. The molecule has 0 spiro atoms. The summed E-state index contributed by atoms with van der Waals surface area (Å²) in [6, 6.07) is 2.52. The summed E-state index contributed by atoms with van der Waals surface area (Å²) in [5.74, 6) is 0. The Bertz CT molecular complexity index is 715. The molecule has 2 N–H and O–H groups in total. The van der Waals surface area contributed by atoms with E-state index in [1.54, 1.807) is 27.7 Å². The highest BCUT2D eigenvalue weighted by atomic mass is 32.2. The monoisotopic (exact) mass is 351 g/mol. The molecule has 0 bridgehead atoms. The molecule has 0 aromatic heterocycles. The molecule has 23 heavy (non-hydrogen) atoms. The Kier molecular flexibility index (Phi) is 4.13. The molecular weight excluding hydrogens is 334 g/mol. The third-order valence-corrected chi connectivity index (χ3v) is 5.08. The highest BCUT2D eigenvalue weighted by Crippen LogP contribution is 2.38. The second kappa shape index (κ2) is 5.20. The first-order valence-corrected chi connectivity index (χ1v) is 8.29. The van der Waals surface area contributed by atoms with Crippen molar-refractivity contribution in [2.24, 2.45) is 5.14 Å². The predicted octanol–water partition coefficient (Wildman–Crippen LogP) is 1.65. The van der Waals surface area contributed by atoms with E-state index in [2.05, 4.69) is 0 Å². The lowest BCUT2D eigenvalue weighted by Gasteiger charge is -2.32. The normalized spacial score (nSPS) is 20.8. The predicted molar refractivity (Wildman–Crippen MR) is 78.5 cm³/mol. The summed E-state index contributed by atoms with van der Waals surface area (Å²) in [5.41, 5.74) is -3.08. The van der Waals surface area contributed by atoms with Gasteiger partial charge >= 0.3 is 13.3 Å². The molecule has 1 fully saturated rings. The molecule has 0 radical (unpaired) electrons. The van der Waals surface area contributed by atoms with Gasteiger partial charge in [-0.3, -0.25) is 0 Å². The van der Waals surface area contributed by atoms with Crippen LogP contribution >= 0.6 is 0 Å². The minimum Gasteiger partial charge on any atom is -0.399 e. The van der Waals surface area contributed by atoms with Crippen molar-refractivity contribution >= 4 is 22.6 Å². The molecular formula is C13H17BF3NO4S. The van der Waals surface area contributed by atoms with E-state index in [-0.39, 0.29) is 5.46 Å². The molecule has 10 heteroatoms. The van der Waals surface area contributed by atoms with E-state index in [0.29, 0.717) is 6.07 Å². The molecule has 0 atom stereocenters. The second-order valence-electron chi connectivity index (χ2n) is 6.38. The Labute approximate surface area is 133 Å². The van der Waals surface area contributed by atoms with Gasteiger partial charge in [0, 0.05) is 0 Å². The van der Waals surface area contributed by atoms with Crippen LogP contribution in [-0.4, -0.2) is 26.7 Å². The fraction of sp³-hybridized carbons (Fsp3) is 0.538. The van der Waals surface area contributed by atoms with Gasteiger partial charge in [-0.15, -0.1) is 0 Å². The standard InChI is InChI=1S/C13H17BF3NO4S/c1-11(2)12(3,4)22-14(21-11)10-6-5-8(23(18,19)20)7-9(10)13(15,16)17/h5-7H,1-4H3,(H2,18,19,20). The van der Waals surface area contributed by atoms with Gasteiger partial charge in [0.1, 0.15) is 0 Å². The number of sulfonamides is 1. The Morgan fingerprint density at radius 2 is 1.57 bits per heavy atom. The molecule has 1 heterocycles. The molecule has 0 saturated carbocycles. The van der Waals surface area contributed by atoms with Crippen molar-refractivity contribution in [3.63, 3.8) is 0 Å². The maximum atomic E-state index is 13.3. The molecule has 0 amide bonds. The summed E-state index contributed by atoms with van der Waals surface area (Å²) >= 11 is 0. The third-order valence-electron chi connectivity index (χ3n) is 4.17. The van der Waals surface area contributed by atoms with E-state index in [0.717, 1.165) is 12.1 Å². The highest BCUT2D eigenvalue weighted by molar-refractivity contribution is 7.89. The summed E-state index contributed by atoms with van der Waals surface area (Å²) in [7, 11) is -5.51. The van der Waals surface area contributed by atoms with E-state index in [9.17, 15) is 21.6 Å². The van der Waals surface area contributed by atoms with Gasteiger partial charge in [0.2, 0.25) is 10.0 Å². The molecule has 1 aromatic rings. The van der Waals surface area contributed by atoms with Gasteiger partial charge in [0.05, 0.1) is 21.7 Å². The van der Waals surface area contributed by atoms with Crippen LogP contribution in [0.2, 0.25) is 0 Å². The Morgan fingerprint density at radius 1 is 1.09 bits per heavy atom. The van der Waals surface area contributed by atoms with Gasteiger partial charge in [-0.05, 0) is 45.3 Å². The van der Waals surface area contributed by atoms with Gasteiger partial charge in [0.15, 0.2) is 0 Å². The van der Waals surface area contributed by atoms with E-state index in [4.69, 9.17) is 14.4 Å². The highest BCUT2D eigenvalue weighted by Gasteiger charge is 2.53. The van der Waals surface area contributed by atoms with Crippen molar-refractivity contribution in [3.8, 4) is 0 Å². The van der Waals surface area contributed by atoms with Crippen LogP contribution in [0.15, 0.2) is 23.1 Å². The zero-order valence-electron chi connectivity index (χ0n) is 13.1. The number of primary sulfonamides is 1. The van der Waals surface area contributed by atoms with Gasteiger partial charge in [-0.2, -0.15) is 13.2 Å². The van der Waals surface area contributed by atoms with Crippen LogP contribution in [0, 0.1) is 0 Å². The van der Waals surface area contributed by atoms with Crippen molar-refractivity contribution in [1.29, 1.82) is 0 Å². The zero-order chi connectivity index (χ0) is 17.8. The SMILES string of the molecule is CC1(C)OB(c2ccc(S(N)(=O)=O)cc2C(F)(F)F)OC1(C)C. The molecule has 0 aliphatic carbocycles. The minimum atomic E-state index is -4.78. The summed E-state index contributed by atoms with van der Waals surface area (Å²) in [6.07, 6.45) is -4.78. The van der Waals surface area contributed by atoms with Crippen LogP contribution in [0.25, 0.3) is 0 Å². The number of benzene rings is 1. The third kappa shape index (κ3) is 3.40. The van der Waals surface area contributed by atoms with Crippen molar-refractivity contribution in [2.75, 3.05) is 0 Å². The lowest BCUT2D eigenvalue weighted by atomic mass is 9.76. The lowest BCUT2D eigenvalue weighted by molar-refractivity contribution is -0.137. The molecule has 5 nitrogen and oxygen atoms in total. The van der Waals surface area contributed by atoms with E-state index in [1.165, 1.54) is 0 Å². The largest absolute Gasteiger partial charge is 0.495 e. The quantitative estimate of drug-likeness (QED) is 0.822. The van der Waals surface area contributed by atoms with Crippen molar-refractivity contribution in [3.05, 3.63) is 23.8 Å². The number of hydrogen-bond donors (Lipinski definition) is 1. The Hall–Kier alpha value is -1.10. The number of nitrogens with two attached hydrogens (primary N) is 1. The summed E-state index contributed by atoms with van der Waals surface area (Å²) in [4.78, 5) is -0.620. The Morgan fingerprint density at radius 3 is 1.96 bits per heavy atom. The van der Waals surface area contributed by atoms with E-state index >= 15 is 0 Å². The second-order valence-corrected chi connectivity index (χ2v) is 7.94. The number of alkyl halides is 3. The van der Waals surface area contributed by atoms with Crippen LogP contribution in [0.5, 0.6) is 0 Å². The van der Waals surface area contributed by atoms with Gasteiger partial charge in [-0.25, -0.2) is 13.6 Å². The van der Waals surface area contributed by atoms with Gasteiger partial charge < -0.3 is 9.31 Å². The van der Waals surface area contributed by atoms with Crippen molar-refractivity contribution in [1.82, 2.24) is 0 Å². The van der Waals surface area contributed by atoms with Crippen LogP contribution in [0.3, 0.4) is 0 Å². The minimum absolute atomic E-state index is 0.288. The molecule has 1 aliphatic heterocycles. The smallest absolute Gasteiger partial charge is 0.399 e. The van der Waals surface area contributed by atoms with Crippen molar-refractivity contribution in [2.45, 2.75) is 50.0 Å². The molecule has 2 rings (SSSR count). The molecule has 1 aliphatic rings. The average Bonchev–Trinajstić information content (AvgIpc) is 2.55. The van der Waals surface area contributed by atoms with Crippen LogP contribution in [-0.2, 0) is 25.5 Å². The Balaban J connectivity index is 2.56. The number of rotatable bonds is 2. The first-order chi connectivity index (χ1) is 10.2. The maximum absolute atomic E-state index is 13.3. The summed E-state index contributed by atoms with van der Waals surface area (Å²) in [6.45, 7) is 6.83. The fourth-order valence-corrected chi connectivity index (χ4v) is 2.67. The van der Waals surface area contributed by atoms with Crippen molar-refractivity contribution < 1.29 is 30.9 Å².